The van der Waals surface area contributed by atoms with Crippen molar-refractivity contribution >= 4 is 11.3 Å². The molecule has 2 aromatic heterocycles. The fourth-order valence-corrected chi connectivity index (χ4v) is 2.06. The third kappa shape index (κ3) is 2.02. The highest BCUT2D eigenvalue weighted by Gasteiger charge is 2.04. The first kappa shape index (κ1) is 9.43. The minimum atomic E-state index is 0.730. The lowest BCUT2D eigenvalue weighted by Gasteiger charge is -1.93. The number of methoxy groups -OCH3 is 1. The molecule has 0 amide bonds. The molecule has 0 aliphatic carbocycles. The average molecular weight is 208 g/mol. The Balaban J connectivity index is 2.10. The standard InChI is InChI=1S/C10H12N2OS/c1-13-6-4-8-7-14-10(12-8)9-3-2-5-11-9/h2-3,5,7,11H,4,6H2,1H3. The maximum Gasteiger partial charge on any atom is 0.139 e. The molecule has 0 spiro atoms. The van der Waals surface area contributed by atoms with Crippen molar-refractivity contribution in [3.8, 4) is 10.7 Å². The maximum atomic E-state index is 5.00. The number of thiazole rings is 1. The number of nitrogens with one attached hydrogen (secondary N) is 1. The van der Waals surface area contributed by atoms with E-state index >= 15 is 0 Å². The van der Waals surface area contributed by atoms with Gasteiger partial charge in [-0.25, -0.2) is 4.98 Å². The number of aromatic amines is 1. The normalized spacial score (nSPS) is 10.6. The van der Waals surface area contributed by atoms with Gasteiger partial charge in [0.2, 0.25) is 0 Å². The van der Waals surface area contributed by atoms with Crippen molar-refractivity contribution in [2.45, 2.75) is 6.42 Å². The number of aromatic nitrogens is 2. The van der Waals surface area contributed by atoms with Crippen LogP contribution in [0.25, 0.3) is 10.7 Å². The Morgan fingerprint density at radius 2 is 2.50 bits per heavy atom. The number of hydrogen-bond acceptors (Lipinski definition) is 3. The van der Waals surface area contributed by atoms with E-state index in [4.69, 9.17) is 4.74 Å². The summed E-state index contributed by atoms with van der Waals surface area (Å²) in [7, 11) is 1.71. The Labute approximate surface area is 86.8 Å². The van der Waals surface area contributed by atoms with Crippen LogP contribution in [0, 0.1) is 0 Å². The Morgan fingerprint density at radius 3 is 3.21 bits per heavy atom. The van der Waals surface area contributed by atoms with E-state index < -0.39 is 0 Å². The van der Waals surface area contributed by atoms with Crippen molar-refractivity contribution in [1.82, 2.24) is 9.97 Å². The Morgan fingerprint density at radius 1 is 1.57 bits per heavy atom. The number of H-pyrrole nitrogens is 1. The third-order valence-corrected chi connectivity index (χ3v) is 2.87. The van der Waals surface area contributed by atoms with E-state index in [0.717, 1.165) is 29.4 Å². The second-order valence-electron chi connectivity index (χ2n) is 2.97. The minimum absolute atomic E-state index is 0.730. The summed E-state index contributed by atoms with van der Waals surface area (Å²) in [4.78, 5) is 7.64. The first-order valence-electron chi connectivity index (χ1n) is 4.47. The van der Waals surface area contributed by atoms with Crippen LogP contribution in [-0.2, 0) is 11.2 Å². The molecule has 0 saturated heterocycles. The van der Waals surface area contributed by atoms with E-state index in [1.165, 1.54) is 0 Å². The average Bonchev–Trinajstić information content (AvgIpc) is 2.85. The first-order chi connectivity index (χ1) is 6.90. The van der Waals surface area contributed by atoms with Crippen molar-refractivity contribution in [2.75, 3.05) is 13.7 Å². The highest BCUT2D eigenvalue weighted by atomic mass is 32.1. The molecule has 2 heterocycles. The van der Waals surface area contributed by atoms with Crippen LogP contribution in [0.4, 0.5) is 0 Å². The van der Waals surface area contributed by atoms with Gasteiger partial charge in [-0.15, -0.1) is 11.3 Å². The zero-order valence-corrected chi connectivity index (χ0v) is 8.80. The molecule has 4 heteroatoms. The summed E-state index contributed by atoms with van der Waals surface area (Å²) >= 11 is 1.66. The van der Waals surface area contributed by atoms with Crippen LogP contribution >= 0.6 is 11.3 Å². The van der Waals surface area contributed by atoms with Crippen LogP contribution in [-0.4, -0.2) is 23.7 Å². The summed E-state index contributed by atoms with van der Waals surface area (Å²) in [6.45, 7) is 0.730. The van der Waals surface area contributed by atoms with Gasteiger partial charge in [0.15, 0.2) is 0 Å². The van der Waals surface area contributed by atoms with Gasteiger partial charge in [-0.05, 0) is 12.1 Å². The number of rotatable bonds is 4. The van der Waals surface area contributed by atoms with Gasteiger partial charge >= 0.3 is 0 Å². The smallest absolute Gasteiger partial charge is 0.139 e. The van der Waals surface area contributed by atoms with Gasteiger partial charge in [0, 0.05) is 25.1 Å². The van der Waals surface area contributed by atoms with Crippen LogP contribution < -0.4 is 0 Å². The largest absolute Gasteiger partial charge is 0.384 e. The van der Waals surface area contributed by atoms with E-state index in [1.807, 2.05) is 18.3 Å². The van der Waals surface area contributed by atoms with E-state index in [9.17, 15) is 0 Å². The summed E-state index contributed by atoms with van der Waals surface area (Å²) in [6, 6.07) is 4.00. The molecule has 0 atom stereocenters. The molecular weight excluding hydrogens is 196 g/mol. The fourth-order valence-electron chi connectivity index (χ4n) is 1.22. The third-order valence-electron chi connectivity index (χ3n) is 1.94. The first-order valence-corrected chi connectivity index (χ1v) is 5.35. The zero-order chi connectivity index (χ0) is 9.80. The van der Waals surface area contributed by atoms with Crippen LogP contribution in [0.15, 0.2) is 23.7 Å². The molecule has 0 saturated carbocycles. The summed E-state index contributed by atoms with van der Waals surface area (Å²) < 4.78 is 5.00. The Hall–Kier alpha value is -1.13. The van der Waals surface area contributed by atoms with Crippen molar-refractivity contribution in [2.24, 2.45) is 0 Å². The SMILES string of the molecule is COCCc1csc(-c2ccc[nH]2)n1. The fraction of sp³-hybridized carbons (Fsp3) is 0.300. The van der Waals surface area contributed by atoms with Crippen LogP contribution in [0.2, 0.25) is 0 Å². The Bertz CT molecular complexity index is 380. The van der Waals surface area contributed by atoms with Crippen molar-refractivity contribution in [1.29, 1.82) is 0 Å². The molecule has 0 fully saturated rings. The summed E-state index contributed by atoms with van der Waals surface area (Å²) in [5.74, 6) is 0. The quantitative estimate of drug-likeness (QED) is 0.837. The predicted molar refractivity (Wildman–Crippen MR) is 57.5 cm³/mol. The van der Waals surface area contributed by atoms with Crippen LogP contribution in [0.1, 0.15) is 5.69 Å². The van der Waals surface area contributed by atoms with Gasteiger partial charge in [0.25, 0.3) is 0 Å². The molecule has 0 bridgehead atoms. The predicted octanol–water partition coefficient (Wildman–Crippen LogP) is 2.33. The number of ether oxygens (including phenoxy) is 1. The van der Waals surface area contributed by atoms with Gasteiger partial charge in [-0.3, -0.25) is 0 Å². The van der Waals surface area contributed by atoms with Crippen LogP contribution in [0.3, 0.4) is 0 Å². The molecule has 3 nitrogen and oxygen atoms in total. The molecule has 74 valence electrons. The maximum absolute atomic E-state index is 5.00. The number of hydrogen-bond donors (Lipinski definition) is 1. The molecule has 14 heavy (non-hydrogen) atoms. The Kier molecular flexibility index (Phi) is 2.96. The molecule has 2 rings (SSSR count). The van der Waals surface area contributed by atoms with Crippen molar-refractivity contribution < 1.29 is 4.74 Å². The summed E-state index contributed by atoms with van der Waals surface area (Å²) in [5.41, 5.74) is 2.18. The highest BCUT2D eigenvalue weighted by molar-refractivity contribution is 7.13. The molecule has 2 aromatic rings. The molecule has 0 unspecified atom stereocenters. The second kappa shape index (κ2) is 4.39. The molecule has 0 radical (unpaired) electrons. The van der Waals surface area contributed by atoms with E-state index in [1.54, 1.807) is 18.4 Å². The molecular formula is C10H12N2OS. The molecule has 0 aliphatic rings. The lowest BCUT2D eigenvalue weighted by atomic mass is 10.3. The van der Waals surface area contributed by atoms with Crippen LogP contribution in [0.5, 0.6) is 0 Å². The van der Waals surface area contributed by atoms with Gasteiger partial charge in [0.1, 0.15) is 5.01 Å². The molecule has 1 N–H and O–H groups in total. The minimum Gasteiger partial charge on any atom is -0.384 e. The highest BCUT2D eigenvalue weighted by Crippen LogP contribution is 2.21. The van der Waals surface area contributed by atoms with Gasteiger partial charge in [0.05, 0.1) is 18.0 Å². The second-order valence-corrected chi connectivity index (χ2v) is 3.83. The van der Waals surface area contributed by atoms with Crippen molar-refractivity contribution in [3.05, 3.63) is 29.4 Å². The lowest BCUT2D eigenvalue weighted by Crippen LogP contribution is -1.94. The van der Waals surface area contributed by atoms with Crippen molar-refractivity contribution in [3.63, 3.8) is 0 Å². The lowest BCUT2D eigenvalue weighted by molar-refractivity contribution is 0.201. The topological polar surface area (TPSA) is 37.9 Å². The zero-order valence-electron chi connectivity index (χ0n) is 7.99. The van der Waals surface area contributed by atoms with E-state index in [2.05, 4.69) is 15.3 Å². The van der Waals surface area contributed by atoms with Gasteiger partial charge < -0.3 is 9.72 Å². The molecule has 0 aromatic carbocycles. The summed E-state index contributed by atoms with van der Waals surface area (Å²) in [6.07, 6.45) is 2.79. The van der Waals surface area contributed by atoms with Gasteiger partial charge in [-0.2, -0.15) is 0 Å². The monoisotopic (exact) mass is 208 g/mol. The summed E-state index contributed by atoms with van der Waals surface area (Å²) in [5, 5.41) is 3.12. The van der Waals surface area contributed by atoms with E-state index in [0.29, 0.717) is 0 Å². The van der Waals surface area contributed by atoms with Gasteiger partial charge in [-0.1, -0.05) is 0 Å². The number of nitrogens with zero attached hydrogens (tertiary/aromatic N) is 1. The van der Waals surface area contributed by atoms with E-state index in [-0.39, 0.29) is 0 Å². The molecule has 0 aliphatic heterocycles.